The van der Waals surface area contributed by atoms with E-state index in [2.05, 4.69) is 4.98 Å². The number of nitrogens with two attached hydrogens (primary N) is 1. The Balaban J connectivity index is 2.12. The first-order valence-electron chi connectivity index (χ1n) is 5.88. The molecular weight excluding hydrogens is 250 g/mol. The Morgan fingerprint density at radius 2 is 2.32 bits per heavy atom. The number of nitrogens with zero attached hydrogens (tertiary/aromatic N) is 2. The molecule has 7 heteroatoms. The highest BCUT2D eigenvalue weighted by Crippen LogP contribution is 2.11. The molecule has 1 atom stereocenters. The number of aromatic carboxylic acids is 1. The van der Waals surface area contributed by atoms with Gasteiger partial charge in [0.1, 0.15) is 11.7 Å². The van der Waals surface area contributed by atoms with E-state index in [9.17, 15) is 9.59 Å². The molecule has 0 spiro atoms. The zero-order chi connectivity index (χ0) is 13.8. The maximum atomic E-state index is 11.3. The minimum Gasteiger partial charge on any atom is -0.477 e. The summed E-state index contributed by atoms with van der Waals surface area (Å²) in [5, 5.41) is 8.89. The molecule has 1 aliphatic heterocycles. The summed E-state index contributed by atoms with van der Waals surface area (Å²) in [5.41, 5.74) is 5.89. The van der Waals surface area contributed by atoms with Gasteiger partial charge in [-0.3, -0.25) is 9.69 Å². The van der Waals surface area contributed by atoms with Gasteiger partial charge in [-0.05, 0) is 12.1 Å². The summed E-state index contributed by atoms with van der Waals surface area (Å²) in [6, 6.07) is 4.28. The second-order valence-electron chi connectivity index (χ2n) is 4.28. The largest absolute Gasteiger partial charge is 0.477 e. The lowest BCUT2D eigenvalue weighted by atomic mass is 10.2. The third-order valence-corrected chi connectivity index (χ3v) is 2.96. The fourth-order valence-electron chi connectivity index (χ4n) is 1.98. The molecule has 2 heterocycles. The molecule has 2 rings (SSSR count). The first-order valence-corrected chi connectivity index (χ1v) is 5.88. The molecule has 0 radical (unpaired) electrons. The van der Waals surface area contributed by atoms with Crippen molar-refractivity contribution < 1.29 is 19.4 Å². The summed E-state index contributed by atoms with van der Waals surface area (Å²) < 4.78 is 5.22. The van der Waals surface area contributed by atoms with E-state index in [-0.39, 0.29) is 12.3 Å². The quantitative estimate of drug-likeness (QED) is 0.757. The normalized spacial score (nSPS) is 20.1. The molecule has 1 aliphatic rings. The van der Waals surface area contributed by atoms with E-state index in [0.29, 0.717) is 25.4 Å². The molecule has 3 N–H and O–H groups in total. The van der Waals surface area contributed by atoms with Crippen molar-refractivity contribution in [1.82, 2.24) is 9.88 Å². The first kappa shape index (κ1) is 13.4. The van der Waals surface area contributed by atoms with Gasteiger partial charge in [-0.15, -0.1) is 0 Å². The van der Waals surface area contributed by atoms with E-state index in [1.807, 2.05) is 4.90 Å². The van der Waals surface area contributed by atoms with Gasteiger partial charge in [-0.2, -0.15) is 0 Å². The van der Waals surface area contributed by atoms with Crippen molar-refractivity contribution in [3.63, 3.8) is 0 Å². The highest BCUT2D eigenvalue weighted by Gasteiger charge is 2.27. The van der Waals surface area contributed by atoms with Crippen LogP contribution >= 0.6 is 0 Å². The number of primary amides is 1. The van der Waals surface area contributed by atoms with Gasteiger partial charge in [0.15, 0.2) is 0 Å². The number of pyridine rings is 1. The van der Waals surface area contributed by atoms with Crippen LogP contribution in [0.1, 0.15) is 16.2 Å². The summed E-state index contributed by atoms with van der Waals surface area (Å²) in [6.45, 7) is 1.71. The van der Waals surface area contributed by atoms with Gasteiger partial charge in [0, 0.05) is 13.1 Å². The summed E-state index contributed by atoms with van der Waals surface area (Å²) in [7, 11) is 0. The van der Waals surface area contributed by atoms with Crippen molar-refractivity contribution in [2.75, 3.05) is 19.8 Å². The Kier molecular flexibility index (Phi) is 4.08. The van der Waals surface area contributed by atoms with E-state index in [1.165, 1.54) is 6.07 Å². The molecule has 0 bridgehead atoms. The van der Waals surface area contributed by atoms with Crippen LogP contribution in [0.3, 0.4) is 0 Å². The van der Waals surface area contributed by atoms with E-state index in [4.69, 9.17) is 15.6 Å². The topological polar surface area (TPSA) is 106 Å². The van der Waals surface area contributed by atoms with Crippen molar-refractivity contribution in [3.05, 3.63) is 29.6 Å². The molecule has 7 nitrogen and oxygen atoms in total. The van der Waals surface area contributed by atoms with Crippen molar-refractivity contribution in [1.29, 1.82) is 0 Å². The van der Waals surface area contributed by atoms with Gasteiger partial charge in [0.25, 0.3) is 0 Å². The van der Waals surface area contributed by atoms with Crippen molar-refractivity contribution >= 4 is 11.9 Å². The van der Waals surface area contributed by atoms with Crippen molar-refractivity contribution in [2.45, 2.75) is 12.6 Å². The lowest BCUT2D eigenvalue weighted by Crippen LogP contribution is -2.51. The van der Waals surface area contributed by atoms with Crippen LogP contribution in [0.2, 0.25) is 0 Å². The predicted octanol–water partition coefficient (Wildman–Crippen LogP) is -0.534. The fourth-order valence-corrected chi connectivity index (χ4v) is 1.98. The third-order valence-electron chi connectivity index (χ3n) is 2.96. The van der Waals surface area contributed by atoms with Crippen LogP contribution in [-0.4, -0.2) is 52.7 Å². The zero-order valence-electron chi connectivity index (χ0n) is 10.3. The number of carboxylic acids is 1. The minimum absolute atomic E-state index is 0.0126. The smallest absolute Gasteiger partial charge is 0.354 e. The molecule has 0 aromatic carbocycles. The summed E-state index contributed by atoms with van der Waals surface area (Å²) in [5.74, 6) is -1.52. The maximum Gasteiger partial charge on any atom is 0.354 e. The number of morpholine rings is 1. The molecule has 1 fully saturated rings. The summed E-state index contributed by atoms with van der Waals surface area (Å²) in [6.07, 6.45) is 0. The molecule has 1 aromatic heterocycles. The van der Waals surface area contributed by atoms with Crippen molar-refractivity contribution in [2.24, 2.45) is 5.73 Å². The van der Waals surface area contributed by atoms with Gasteiger partial charge >= 0.3 is 5.97 Å². The minimum atomic E-state index is -1.07. The predicted molar refractivity (Wildman–Crippen MR) is 65.4 cm³/mol. The molecule has 0 aliphatic carbocycles. The van der Waals surface area contributed by atoms with Crippen LogP contribution < -0.4 is 5.73 Å². The number of carboxylic acid groups (broad SMARTS) is 1. The van der Waals surface area contributed by atoms with Crippen LogP contribution in [0.5, 0.6) is 0 Å². The standard InChI is InChI=1S/C12H15N3O4/c13-11(16)10-7-19-5-4-15(10)6-8-2-1-3-9(14-8)12(17)18/h1-3,10H,4-7H2,(H2,13,16)(H,17,18). The average Bonchev–Trinajstić information content (AvgIpc) is 2.39. The Hall–Kier alpha value is -1.99. The van der Waals surface area contributed by atoms with E-state index in [0.717, 1.165) is 0 Å². The van der Waals surface area contributed by atoms with Gasteiger partial charge < -0.3 is 15.6 Å². The lowest BCUT2D eigenvalue weighted by Gasteiger charge is -2.33. The molecule has 1 amide bonds. The van der Waals surface area contributed by atoms with Crippen LogP contribution in [-0.2, 0) is 16.1 Å². The highest BCUT2D eigenvalue weighted by atomic mass is 16.5. The molecule has 1 aromatic rings. The Bertz CT molecular complexity index is 492. The SMILES string of the molecule is NC(=O)C1COCCN1Cc1cccc(C(=O)O)n1. The number of hydrogen-bond donors (Lipinski definition) is 2. The second kappa shape index (κ2) is 5.77. The van der Waals surface area contributed by atoms with Gasteiger partial charge in [-0.1, -0.05) is 6.07 Å². The molecule has 19 heavy (non-hydrogen) atoms. The third kappa shape index (κ3) is 3.27. The summed E-state index contributed by atoms with van der Waals surface area (Å²) >= 11 is 0. The monoisotopic (exact) mass is 265 g/mol. The highest BCUT2D eigenvalue weighted by molar-refractivity contribution is 5.85. The van der Waals surface area contributed by atoms with Gasteiger partial charge in [-0.25, -0.2) is 9.78 Å². The molecule has 102 valence electrons. The summed E-state index contributed by atoms with van der Waals surface area (Å²) in [4.78, 5) is 28.0. The average molecular weight is 265 g/mol. The van der Waals surface area contributed by atoms with E-state index < -0.39 is 17.9 Å². The van der Waals surface area contributed by atoms with Gasteiger partial charge in [0.2, 0.25) is 5.91 Å². The first-order chi connectivity index (χ1) is 9.08. The number of carbonyl (C=O) groups excluding carboxylic acids is 1. The number of aromatic nitrogens is 1. The lowest BCUT2D eigenvalue weighted by molar-refractivity contribution is -0.129. The maximum absolute atomic E-state index is 11.3. The van der Waals surface area contributed by atoms with Crippen LogP contribution in [0.15, 0.2) is 18.2 Å². The number of amides is 1. The van der Waals surface area contributed by atoms with Crippen molar-refractivity contribution in [3.8, 4) is 0 Å². The van der Waals surface area contributed by atoms with Crippen LogP contribution in [0, 0.1) is 0 Å². The fraction of sp³-hybridized carbons (Fsp3) is 0.417. The second-order valence-corrected chi connectivity index (χ2v) is 4.28. The molecule has 1 unspecified atom stereocenters. The van der Waals surface area contributed by atoms with Gasteiger partial charge in [0.05, 0.1) is 18.9 Å². The molecular formula is C12H15N3O4. The van der Waals surface area contributed by atoms with E-state index in [1.54, 1.807) is 12.1 Å². The molecule has 0 saturated carbocycles. The number of hydrogen-bond acceptors (Lipinski definition) is 5. The van der Waals surface area contributed by atoms with Crippen LogP contribution in [0.4, 0.5) is 0 Å². The zero-order valence-corrected chi connectivity index (χ0v) is 10.3. The molecule has 1 saturated heterocycles. The van der Waals surface area contributed by atoms with Crippen LogP contribution in [0.25, 0.3) is 0 Å². The number of rotatable bonds is 4. The Labute approximate surface area is 110 Å². The number of carbonyl (C=O) groups is 2. The number of ether oxygens (including phenoxy) is 1. The van der Waals surface area contributed by atoms with E-state index >= 15 is 0 Å². The Morgan fingerprint density at radius 3 is 3.00 bits per heavy atom. The Morgan fingerprint density at radius 1 is 1.53 bits per heavy atom.